The van der Waals surface area contributed by atoms with Gasteiger partial charge in [-0.05, 0) is 20.3 Å². The molecule has 1 amide bonds. The van der Waals surface area contributed by atoms with Crippen LogP contribution < -0.4 is 10.6 Å². The molecule has 0 aromatic carbocycles. The van der Waals surface area contributed by atoms with E-state index < -0.39 is 5.97 Å². The van der Waals surface area contributed by atoms with Gasteiger partial charge in [-0.25, -0.2) is 9.78 Å². The van der Waals surface area contributed by atoms with E-state index in [0.717, 1.165) is 6.42 Å². The van der Waals surface area contributed by atoms with E-state index in [2.05, 4.69) is 15.6 Å². The lowest BCUT2D eigenvalue weighted by Crippen LogP contribution is -2.38. The molecule has 1 aromatic heterocycles. The minimum absolute atomic E-state index is 0.0128. The number of rotatable bonds is 7. The van der Waals surface area contributed by atoms with E-state index >= 15 is 0 Å². The van der Waals surface area contributed by atoms with Crippen LogP contribution >= 0.6 is 11.3 Å². The summed E-state index contributed by atoms with van der Waals surface area (Å²) in [6.07, 6.45) is 0.956. The maximum atomic E-state index is 11.7. The second-order valence-electron chi connectivity index (χ2n) is 4.36. The van der Waals surface area contributed by atoms with Crippen LogP contribution in [0.15, 0.2) is 5.38 Å². The monoisotopic (exact) mass is 285 g/mol. The molecule has 1 rings (SSSR count). The lowest BCUT2D eigenvalue weighted by Gasteiger charge is -2.14. The number of aromatic nitrogens is 1. The van der Waals surface area contributed by atoms with Gasteiger partial charge in [0.1, 0.15) is 5.01 Å². The molecule has 0 aliphatic heterocycles. The van der Waals surface area contributed by atoms with Crippen molar-refractivity contribution in [2.75, 3.05) is 6.54 Å². The molecule has 106 valence electrons. The zero-order valence-electron chi connectivity index (χ0n) is 11.3. The van der Waals surface area contributed by atoms with E-state index in [0.29, 0.717) is 11.0 Å². The number of nitrogens with one attached hydrogen (secondary N) is 2. The molecular formula is C12H19N3O3S. The van der Waals surface area contributed by atoms with Crippen LogP contribution in [-0.4, -0.2) is 34.6 Å². The van der Waals surface area contributed by atoms with Crippen LogP contribution in [0.4, 0.5) is 0 Å². The molecule has 0 saturated carbocycles. The largest absolute Gasteiger partial charge is 0.476 e. The molecule has 1 heterocycles. The number of carboxylic acid groups (broad SMARTS) is 1. The van der Waals surface area contributed by atoms with Gasteiger partial charge < -0.3 is 15.7 Å². The molecule has 2 unspecified atom stereocenters. The van der Waals surface area contributed by atoms with Crippen LogP contribution in [0.1, 0.15) is 48.7 Å². The highest BCUT2D eigenvalue weighted by Gasteiger charge is 2.15. The van der Waals surface area contributed by atoms with E-state index in [1.807, 2.05) is 13.8 Å². The van der Waals surface area contributed by atoms with Crippen molar-refractivity contribution < 1.29 is 14.7 Å². The predicted octanol–water partition coefficient (Wildman–Crippen LogP) is 1.41. The first-order valence-corrected chi connectivity index (χ1v) is 7.03. The molecular weight excluding hydrogens is 266 g/mol. The van der Waals surface area contributed by atoms with Gasteiger partial charge in [0.05, 0.1) is 12.6 Å². The minimum Gasteiger partial charge on any atom is -0.476 e. The lowest BCUT2D eigenvalue weighted by molar-refractivity contribution is -0.121. The third kappa shape index (κ3) is 4.96. The highest BCUT2D eigenvalue weighted by Crippen LogP contribution is 2.17. The Morgan fingerprint density at radius 3 is 2.68 bits per heavy atom. The van der Waals surface area contributed by atoms with Crippen LogP contribution in [0.3, 0.4) is 0 Å². The molecule has 3 N–H and O–H groups in total. The molecule has 1 aromatic rings. The molecule has 7 heteroatoms. The van der Waals surface area contributed by atoms with Crippen LogP contribution in [-0.2, 0) is 4.79 Å². The summed E-state index contributed by atoms with van der Waals surface area (Å²) >= 11 is 1.23. The maximum Gasteiger partial charge on any atom is 0.355 e. The fraction of sp³-hybridized carbons (Fsp3) is 0.583. The Bertz CT molecular complexity index is 447. The van der Waals surface area contributed by atoms with Gasteiger partial charge >= 0.3 is 5.97 Å². The molecule has 19 heavy (non-hydrogen) atoms. The van der Waals surface area contributed by atoms with Crippen LogP contribution in [0.2, 0.25) is 0 Å². The third-order valence-electron chi connectivity index (χ3n) is 2.71. The molecule has 0 saturated heterocycles. The summed E-state index contributed by atoms with van der Waals surface area (Å²) in [6, 6.07) is 0.00358. The number of thiazole rings is 1. The Morgan fingerprint density at radius 1 is 1.47 bits per heavy atom. The van der Waals surface area contributed by atoms with Crippen LogP contribution in [0.5, 0.6) is 0 Å². The van der Waals surface area contributed by atoms with Gasteiger partial charge in [-0.15, -0.1) is 11.3 Å². The van der Waals surface area contributed by atoms with Crippen molar-refractivity contribution in [2.45, 2.75) is 39.3 Å². The summed E-state index contributed by atoms with van der Waals surface area (Å²) in [6.45, 7) is 6.08. The second-order valence-corrected chi connectivity index (χ2v) is 5.25. The van der Waals surface area contributed by atoms with Crippen LogP contribution in [0, 0.1) is 0 Å². The first kappa shape index (κ1) is 15.6. The topological polar surface area (TPSA) is 91.3 Å². The molecule has 0 bridgehead atoms. The van der Waals surface area contributed by atoms with E-state index in [9.17, 15) is 9.59 Å². The minimum atomic E-state index is -1.06. The van der Waals surface area contributed by atoms with E-state index in [4.69, 9.17) is 5.11 Å². The molecule has 0 spiro atoms. The van der Waals surface area contributed by atoms with Crippen molar-refractivity contribution in [2.24, 2.45) is 0 Å². The first-order valence-electron chi connectivity index (χ1n) is 6.15. The fourth-order valence-corrected chi connectivity index (χ4v) is 2.15. The Hall–Kier alpha value is -1.47. The van der Waals surface area contributed by atoms with Gasteiger partial charge in [0.25, 0.3) is 0 Å². The Balaban J connectivity index is 2.47. The van der Waals surface area contributed by atoms with Gasteiger partial charge in [0, 0.05) is 11.4 Å². The van der Waals surface area contributed by atoms with Crippen molar-refractivity contribution in [1.82, 2.24) is 15.6 Å². The average Bonchev–Trinajstić information content (AvgIpc) is 2.85. The van der Waals surface area contributed by atoms with Gasteiger partial charge in [-0.1, -0.05) is 6.92 Å². The summed E-state index contributed by atoms with van der Waals surface area (Å²) in [7, 11) is 0. The Labute approximate surface area is 116 Å². The van der Waals surface area contributed by atoms with Gasteiger partial charge in [0.2, 0.25) is 5.91 Å². The number of carbonyl (C=O) groups is 2. The first-order chi connectivity index (χ1) is 8.93. The maximum absolute atomic E-state index is 11.7. The standard InChI is InChI=1S/C12H19N3O3S/c1-4-7(2)13-5-10(16)14-8(3)11-15-9(6-19-11)12(17)18/h6-8,13H,4-5H2,1-3H3,(H,14,16)(H,17,18). The zero-order chi connectivity index (χ0) is 14.4. The highest BCUT2D eigenvalue weighted by atomic mass is 32.1. The van der Waals surface area contributed by atoms with Gasteiger partial charge in [-0.3, -0.25) is 4.79 Å². The second kappa shape index (κ2) is 7.20. The zero-order valence-corrected chi connectivity index (χ0v) is 12.1. The summed E-state index contributed by atoms with van der Waals surface area (Å²) in [5.74, 6) is -1.18. The van der Waals surface area contributed by atoms with Crippen molar-refractivity contribution in [1.29, 1.82) is 0 Å². The van der Waals surface area contributed by atoms with Crippen molar-refractivity contribution in [3.05, 3.63) is 16.1 Å². The van der Waals surface area contributed by atoms with Crippen LogP contribution in [0.25, 0.3) is 0 Å². The molecule has 0 fully saturated rings. The third-order valence-corrected chi connectivity index (χ3v) is 3.74. The Kier molecular flexibility index (Phi) is 5.91. The molecule has 6 nitrogen and oxygen atoms in total. The molecule has 0 aliphatic carbocycles. The number of aromatic carboxylic acids is 1. The number of amides is 1. The summed E-state index contributed by atoms with van der Waals surface area (Å²) in [5.41, 5.74) is 0.0128. The average molecular weight is 285 g/mol. The van der Waals surface area contributed by atoms with Gasteiger partial charge in [-0.2, -0.15) is 0 Å². The smallest absolute Gasteiger partial charge is 0.355 e. The highest BCUT2D eigenvalue weighted by molar-refractivity contribution is 7.09. The van der Waals surface area contributed by atoms with E-state index in [-0.39, 0.29) is 24.2 Å². The van der Waals surface area contributed by atoms with E-state index in [1.54, 1.807) is 6.92 Å². The van der Waals surface area contributed by atoms with Crippen molar-refractivity contribution in [3.63, 3.8) is 0 Å². The predicted molar refractivity (Wildman–Crippen MR) is 73.4 cm³/mol. The fourth-order valence-electron chi connectivity index (χ4n) is 1.35. The normalized spacial score (nSPS) is 13.8. The Morgan fingerprint density at radius 2 is 2.16 bits per heavy atom. The quantitative estimate of drug-likeness (QED) is 0.704. The SMILES string of the molecule is CCC(C)NCC(=O)NC(C)c1nc(C(=O)O)cs1. The van der Waals surface area contributed by atoms with Crippen molar-refractivity contribution >= 4 is 23.2 Å². The number of hydrogen-bond acceptors (Lipinski definition) is 5. The molecule has 0 aliphatic rings. The van der Waals surface area contributed by atoms with Gasteiger partial charge in [0.15, 0.2) is 5.69 Å². The number of nitrogens with zero attached hydrogens (tertiary/aromatic N) is 1. The summed E-state index contributed by atoms with van der Waals surface area (Å²) in [5, 5.41) is 16.7. The number of hydrogen-bond donors (Lipinski definition) is 3. The summed E-state index contributed by atoms with van der Waals surface area (Å²) < 4.78 is 0. The number of carbonyl (C=O) groups excluding carboxylic acids is 1. The number of carboxylic acids is 1. The van der Waals surface area contributed by atoms with Crippen molar-refractivity contribution in [3.8, 4) is 0 Å². The lowest BCUT2D eigenvalue weighted by atomic mass is 10.2. The molecule has 0 radical (unpaired) electrons. The summed E-state index contributed by atoms with van der Waals surface area (Å²) in [4.78, 5) is 26.3. The molecule has 2 atom stereocenters. The van der Waals surface area contributed by atoms with E-state index in [1.165, 1.54) is 16.7 Å².